The normalized spacial score (nSPS) is 15.4. The van der Waals surface area contributed by atoms with Crippen LogP contribution < -0.4 is 9.47 Å². The van der Waals surface area contributed by atoms with E-state index in [-0.39, 0.29) is 5.91 Å². The summed E-state index contributed by atoms with van der Waals surface area (Å²) in [6, 6.07) is 23.2. The SMILES string of the molecule is CCOc1cc(/C=C2/SC(=NCc3ccccc3)N(Cc3ccccc3)C2=O)cc(Br)c1OCC(=O)O. The number of benzene rings is 3. The monoisotopic (exact) mass is 580 g/mol. The van der Waals surface area contributed by atoms with Crippen LogP contribution in [-0.4, -0.2) is 40.3 Å². The minimum atomic E-state index is -1.09. The number of halogens is 1. The first-order chi connectivity index (χ1) is 17.9. The quantitative estimate of drug-likeness (QED) is 0.296. The molecule has 0 bridgehead atoms. The molecule has 1 aliphatic heterocycles. The van der Waals surface area contributed by atoms with Crippen LogP contribution >= 0.6 is 27.7 Å². The smallest absolute Gasteiger partial charge is 0.341 e. The van der Waals surface area contributed by atoms with E-state index < -0.39 is 12.6 Å². The van der Waals surface area contributed by atoms with E-state index in [0.29, 0.717) is 51.3 Å². The van der Waals surface area contributed by atoms with Gasteiger partial charge in [-0.25, -0.2) is 4.79 Å². The van der Waals surface area contributed by atoms with E-state index >= 15 is 0 Å². The van der Waals surface area contributed by atoms with Gasteiger partial charge in [-0.1, -0.05) is 60.7 Å². The van der Waals surface area contributed by atoms with Crippen molar-refractivity contribution in [1.29, 1.82) is 0 Å². The van der Waals surface area contributed by atoms with Crippen LogP contribution in [-0.2, 0) is 22.7 Å². The van der Waals surface area contributed by atoms with Gasteiger partial charge in [-0.15, -0.1) is 0 Å². The molecule has 0 atom stereocenters. The Hall–Kier alpha value is -3.56. The zero-order chi connectivity index (χ0) is 26.2. The molecular formula is C28H25BrN2O5S. The molecule has 0 saturated carbocycles. The number of carboxylic acid groups (broad SMARTS) is 1. The summed E-state index contributed by atoms with van der Waals surface area (Å²) in [6.45, 7) is 2.57. The van der Waals surface area contributed by atoms with Gasteiger partial charge in [0.15, 0.2) is 23.3 Å². The van der Waals surface area contributed by atoms with Gasteiger partial charge in [0.25, 0.3) is 5.91 Å². The fourth-order valence-electron chi connectivity index (χ4n) is 3.63. The van der Waals surface area contributed by atoms with E-state index in [1.165, 1.54) is 11.8 Å². The van der Waals surface area contributed by atoms with Crippen LogP contribution in [0.3, 0.4) is 0 Å². The number of amidine groups is 1. The van der Waals surface area contributed by atoms with Crippen molar-refractivity contribution in [1.82, 2.24) is 4.90 Å². The van der Waals surface area contributed by atoms with Gasteiger partial charge >= 0.3 is 5.97 Å². The number of hydrogen-bond acceptors (Lipinski definition) is 6. The highest BCUT2D eigenvalue weighted by Gasteiger charge is 2.33. The van der Waals surface area contributed by atoms with Crippen molar-refractivity contribution < 1.29 is 24.2 Å². The first-order valence-corrected chi connectivity index (χ1v) is 13.2. The zero-order valence-electron chi connectivity index (χ0n) is 20.1. The lowest BCUT2D eigenvalue weighted by Gasteiger charge is -2.16. The highest BCUT2D eigenvalue weighted by Crippen LogP contribution is 2.39. The lowest BCUT2D eigenvalue weighted by Crippen LogP contribution is -2.28. The molecule has 1 amide bonds. The van der Waals surface area contributed by atoms with Crippen molar-refractivity contribution in [3.05, 3.63) is 98.9 Å². The van der Waals surface area contributed by atoms with Gasteiger partial charge in [0, 0.05) is 0 Å². The van der Waals surface area contributed by atoms with Crippen LogP contribution in [0, 0.1) is 0 Å². The second-order valence-electron chi connectivity index (χ2n) is 8.02. The molecule has 3 aromatic carbocycles. The number of aliphatic carboxylic acids is 1. The Morgan fingerprint density at radius 1 is 1.05 bits per heavy atom. The Balaban J connectivity index is 1.65. The van der Waals surface area contributed by atoms with Crippen LogP contribution in [0.1, 0.15) is 23.6 Å². The van der Waals surface area contributed by atoms with Gasteiger partial charge < -0.3 is 14.6 Å². The Morgan fingerprint density at radius 3 is 2.38 bits per heavy atom. The minimum absolute atomic E-state index is 0.138. The summed E-state index contributed by atoms with van der Waals surface area (Å²) >= 11 is 4.77. The third kappa shape index (κ3) is 7.02. The van der Waals surface area contributed by atoms with Crippen molar-refractivity contribution in [2.24, 2.45) is 4.99 Å². The van der Waals surface area contributed by atoms with Crippen LogP contribution in [0.4, 0.5) is 0 Å². The predicted octanol–water partition coefficient (Wildman–Crippen LogP) is 5.98. The molecular weight excluding hydrogens is 556 g/mol. The average Bonchev–Trinajstić information content (AvgIpc) is 3.17. The first-order valence-electron chi connectivity index (χ1n) is 11.6. The summed E-state index contributed by atoms with van der Waals surface area (Å²) in [5.74, 6) is -0.539. The molecule has 0 spiro atoms. The molecule has 7 nitrogen and oxygen atoms in total. The molecule has 1 aliphatic rings. The van der Waals surface area contributed by atoms with Crippen LogP contribution in [0.25, 0.3) is 6.08 Å². The minimum Gasteiger partial charge on any atom is -0.490 e. The fourth-order valence-corrected chi connectivity index (χ4v) is 5.18. The molecule has 9 heteroatoms. The first kappa shape index (κ1) is 26.5. The number of carboxylic acids is 1. The van der Waals surface area contributed by atoms with E-state index in [1.807, 2.05) is 67.6 Å². The van der Waals surface area contributed by atoms with Gasteiger partial charge in [-0.2, -0.15) is 0 Å². The van der Waals surface area contributed by atoms with Crippen LogP contribution in [0.2, 0.25) is 0 Å². The van der Waals surface area contributed by atoms with Gasteiger partial charge in [0.1, 0.15) is 0 Å². The zero-order valence-corrected chi connectivity index (χ0v) is 22.5. The van der Waals surface area contributed by atoms with Gasteiger partial charge in [0.05, 0.1) is 29.1 Å². The van der Waals surface area contributed by atoms with Crippen molar-refractivity contribution in [3.8, 4) is 11.5 Å². The molecule has 190 valence electrons. The topological polar surface area (TPSA) is 88.4 Å². The van der Waals surface area contributed by atoms with Crippen LogP contribution in [0.15, 0.2) is 87.2 Å². The number of hydrogen-bond donors (Lipinski definition) is 1. The van der Waals surface area contributed by atoms with Gasteiger partial charge in [0.2, 0.25) is 0 Å². The molecule has 0 aliphatic carbocycles. The molecule has 4 rings (SSSR count). The van der Waals surface area contributed by atoms with Crippen molar-refractivity contribution in [3.63, 3.8) is 0 Å². The molecule has 0 unspecified atom stereocenters. The summed E-state index contributed by atoms with van der Waals surface area (Å²) in [5, 5.41) is 9.62. The Labute approximate surface area is 227 Å². The lowest BCUT2D eigenvalue weighted by atomic mass is 10.1. The number of nitrogens with zero attached hydrogens (tertiary/aromatic N) is 2. The molecule has 1 N–H and O–H groups in total. The van der Waals surface area contributed by atoms with Crippen molar-refractivity contribution in [2.75, 3.05) is 13.2 Å². The molecule has 0 aromatic heterocycles. The molecule has 3 aromatic rings. The van der Waals surface area contributed by atoms with Crippen molar-refractivity contribution in [2.45, 2.75) is 20.0 Å². The highest BCUT2D eigenvalue weighted by molar-refractivity contribution is 9.10. The molecule has 37 heavy (non-hydrogen) atoms. The Morgan fingerprint density at radius 2 is 1.73 bits per heavy atom. The standard InChI is InChI=1S/C28H25BrN2O5S/c1-2-35-23-14-21(13-22(29)26(23)36-18-25(32)33)15-24-27(34)31(17-20-11-7-4-8-12-20)28(37-24)30-16-19-9-5-3-6-10-19/h3-15H,2,16-18H2,1H3,(H,32,33)/b24-15+,30-28?. The summed E-state index contributed by atoms with van der Waals surface area (Å²) in [5.41, 5.74) is 2.77. The second kappa shape index (κ2) is 12.6. The number of carbonyl (C=O) groups is 2. The third-order valence-corrected chi connectivity index (χ3v) is 6.91. The van der Waals surface area contributed by atoms with Crippen molar-refractivity contribution >= 4 is 50.8 Å². The highest BCUT2D eigenvalue weighted by atomic mass is 79.9. The average molecular weight is 581 g/mol. The molecule has 1 heterocycles. The molecule has 0 radical (unpaired) electrons. The Bertz CT molecular complexity index is 1330. The van der Waals surface area contributed by atoms with E-state index in [0.717, 1.165) is 11.1 Å². The number of amides is 1. The van der Waals surface area contributed by atoms with E-state index in [1.54, 1.807) is 23.1 Å². The summed E-state index contributed by atoms with van der Waals surface area (Å²) in [6.07, 6.45) is 1.78. The number of carbonyl (C=O) groups excluding carboxylic acids is 1. The largest absolute Gasteiger partial charge is 0.490 e. The molecule has 1 saturated heterocycles. The lowest BCUT2D eigenvalue weighted by molar-refractivity contribution is -0.139. The summed E-state index contributed by atoms with van der Waals surface area (Å²) in [7, 11) is 0. The maximum absolute atomic E-state index is 13.5. The third-order valence-electron chi connectivity index (χ3n) is 5.28. The van der Waals surface area contributed by atoms with E-state index in [9.17, 15) is 9.59 Å². The van der Waals surface area contributed by atoms with E-state index in [2.05, 4.69) is 15.9 Å². The number of thioether (sulfide) groups is 1. The maximum Gasteiger partial charge on any atom is 0.341 e. The maximum atomic E-state index is 13.5. The Kier molecular flexibility index (Phi) is 9.03. The van der Waals surface area contributed by atoms with Crippen LogP contribution in [0.5, 0.6) is 11.5 Å². The predicted molar refractivity (Wildman–Crippen MR) is 149 cm³/mol. The number of rotatable bonds is 10. The summed E-state index contributed by atoms with van der Waals surface area (Å²) < 4.78 is 11.6. The number of aliphatic imine (C=N–C) groups is 1. The second-order valence-corrected chi connectivity index (χ2v) is 9.88. The molecule has 1 fully saturated rings. The number of ether oxygens (including phenoxy) is 2. The fraction of sp³-hybridized carbons (Fsp3) is 0.179. The van der Waals surface area contributed by atoms with Gasteiger partial charge in [-0.3, -0.25) is 14.7 Å². The van der Waals surface area contributed by atoms with E-state index in [4.69, 9.17) is 19.6 Å². The summed E-state index contributed by atoms with van der Waals surface area (Å²) in [4.78, 5) is 31.5. The van der Waals surface area contributed by atoms with Gasteiger partial charge in [-0.05, 0) is 69.5 Å².